The molecule has 0 radical (unpaired) electrons. The van der Waals surface area contributed by atoms with Gasteiger partial charge in [0.15, 0.2) is 6.61 Å². The maximum absolute atomic E-state index is 12.9. The maximum Gasteiger partial charge on any atom is 0.338 e. The van der Waals surface area contributed by atoms with E-state index in [0.717, 1.165) is 20.3 Å². The van der Waals surface area contributed by atoms with Crippen LogP contribution in [0.3, 0.4) is 0 Å². The fourth-order valence-corrected chi connectivity index (χ4v) is 3.68. The van der Waals surface area contributed by atoms with Gasteiger partial charge in [-0.15, -0.1) is 0 Å². The Morgan fingerprint density at radius 3 is 2.05 bits per heavy atom. The Balaban J connectivity index is 1.44. The summed E-state index contributed by atoms with van der Waals surface area (Å²) in [5.41, 5.74) is 6.13. The van der Waals surface area contributed by atoms with Gasteiger partial charge in [0.2, 0.25) is 5.78 Å². The first-order chi connectivity index (χ1) is 17.8. The topological polar surface area (TPSA) is 123 Å². The van der Waals surface area contributed by atoms with Crippen molar-refractivity contribution in [1.29, 1.82) is 0 Å². The van der Waals surface area contributed by atoms with E-state index >= 15 is 0 Å². The van der Waals surface area contributed by atoms with E-state index in [1.165, 1.54) is 19.2 Å². The molecular weight excluding hydrogens is 474 g/mol. The van der Waals surface area contributed by atoms with E-state index in [1.807, 2.05) is 36.4 Å². The van der Waals surface area contributed by atoms with Crippen molar-refractivity contribution in [3.05, 3.63) is 128 Å². The average Bonchev–Trinajstić information content (AvgIpc) is 2.93. The van der Waals surface area contributed by atoms with E-state index in [4.69, 9.17) is 15.2 Å². The molecule has 4 aromatic rings. The molecule has 1 aromatic heterocycles. The first-order valence-corrected chi connectivity index (χ1v) is 11.5. The van der Waals surface area contributed by atoms with Crippen molar-refractivity contribution < 1.29 is 19.1 Å². The molecule has 0 fully saturated rings. The highest BCUT2D eigenvalue weighted by molar-refractivity contribution is 6.02. The van der Waals surface area contributed by atoms with Crippen molar-refractivity contribution in [2.24, 2.45) is 7.05 Å². The summed E-state index contributed by atoms with van der Waals surface area (Å²) in [5.74, 6) is -1.28. The molecule has 3 aromatic carbocycles. The fraction of sp³-hybridized carbons (Fsp3) is 0.143. The van der Waals surface area contributed by atoms with E-state index in [0.29, 0.717) is 12.4 Å². The van der Waals surface area contributed by atoms with Gasteiger partial charge in [0.1, 0.15) is 23.7 Å². The molecule has 1 heterocycles. The van der Waals surface area contributed by atoms with Crippen molar-refractivity contribution in [3.8, 4) is 5.75 Å². The summed E-state index contributed by atoms with van der Waals surface area (Å²) in [5, 5.41) is 0. The zero-order valence-electron chi connectivity index (χ0n) is 20.1. The molecule has 9 heteroatoms. The van der Waals surface area contributed by atoms with Gasteiger partial charge < -0.3 is 15.2 Å². The van der Waals surface area contributed by atoms with Crippen LogP contribution in [-0.4, -0.2) is 27.5 Å². The number of anilines is 1. The molecule has 0 amide bonds. The zero-order chi connectivity index (χ0) is 26.4. The summed E-state index contributed by atoms with van der Waals surface area (Å²) < 4.78 is 12.8. The summed E-state index contributed by atoms with van der Waals surface area (Å²) in [6.07, 6.45) is 0. The van der Waals surface area contributed by atoms with Gasteiger partial charge in [0.05, 0.1) is 12.1 Å². The summed E-state index contributed by atoms with van der Waals surface area (Å²) in [7, 11) is 1.26. The van der Waals surface area contributed by atoms with Crippen LogP contribution in [-0.2, 0) is 24.9 Å². The number of ketones is 1. The summed E-state index contributed by atoms with van der Waals surface area (Å²) >= 11 is 0. The highest BCUT2D eigenvalue weighted by Gasteiger charge is 2.23. The van der Waals surface area contributed by atoms with Gasteiger partial charge in [-0.05, 0) is 35.4 Å². The number of Topliss-reactive ketones (excluding diaryl/α,β-unsaturated/α-hetero) is 1. The van der Waals surface area contributed by atoms with Crippen LogP contribution >= 0.6 is 0 Å². The number of nitrogen functional groups attached to an aromatic ring is 1. The third-order valence-electron chi connectivity index (χ3n) is 5.72. The number of hydrogen-bond donors (Lipinski definition) is 1. The largest absolute Gasteiger partial charge is 0.489 e. The quantitative estimate of drug-likeness (QED) is 0.278. The third kappa shape index (κ3) is 5.84. The van der Waals surface area contributed by atoms with Gasteiger partial charge in [-0.3, -0.25) is 18.7 Å². The molecule has 37 heavy (non-hydrogen) atoms. The van der Waals surface area contributed by atoms with Gasteiger partial charge in [-0.1, -0.05) is 60.7 Å². The van der Waals surface area contributed by atoms with Crippen molar-refractivity contribution in [3.63, 3.8) is 0 Å². The predicted octanol–water partition coefficient (Wildman–Crippen LogP) is 2.80. The molecule has 0 spiro atoms. The van der Waals surface area contributed by atoms with Gasteiger partial charge >= 0.3 is 11.7 Å². The van der Waals surface area contributed by atoms with Crippen LogP contribution in [0.1, 0.15) is 31.8 Å². The van der Waals surface area contributed by atoms with Crippen LogP contribution < -0.4 is 21.7 Å². The second-order valence-electron chi connectivity index (χ2n) is 8.28. The molecule has 0 aliphatic carbocycles. The van der Waals surface area contributed by atoms with Crippen LogP contribution in [0.25, 0.3) is 0 Å². The summed E-state index contributed by atoms with van der Waals surface area (Å²) in [6.45, 7) is -0.269. The fourth-order valence-electron chi connectivity index (χ4n) is 3.68. The normalized spacial score (nSPS) is 10.6. The maximum atomic E-state index is 12.9. The lowest BCUT2D eigenvalue weighted by molar-refractivity contribution is 0.0474. The number of ether oxygens (including phenoxy) is 2. The SMILES string of the molecule is Cn1c(=O)c(C(=O)COC(=O)c2ccc(OCc3ccccc3)cc2)c(N)n(Cc2ccccc2)c1=O. The second kappa shape index (κ2) is 11.2. The number of esters is 1. The molecule has 9 nitrogen and oxygen atoms in total. The number of rotatable bonds is 9. The highest BCUT2D eigenvalue weighted by atomic mass is 16.5. The van der Waals surface area contributed by atoms with E-state index in [9.17, 15) is 19.2 Å². The Hall–Kier alpha value is -4.92. The lowest BCUT2D eigenvalue weighted by Crippen LogP contribution is -2.43. The molecule has 0 saturated carbocycles. The third-order valence-corrected chi connectivity index (χ3v) is 5.72. The molecule has 188 valence electrons. The average molecular weight is 500 g/mol. The molecule has 2 N–H and O–H groups in total. The summed E-state index contributed by atoms with van der Waals surface area (Å²) in [4.78, 5) is 50.6. The number of aromatic nitrogens is 2. The number of hydrogen-bond acceptors (Lipinski definition) is 7. The predicted molar refractivity (Wildman–Crippen MR) is 138 cm³/mol. The van der Waals surface area contributed by atoms with Crippen LogP contribution in [0.2, 0.25) is 0 Å². The Morgan fingerprint density at radius 1 is 0.838 bits per heavy atom. The standard InChI is InChI=1S/C28H25N3O6/c1-30-26(33)24(25(29)31(28(30)35)16-19-8-4-2-5-9-19)23(32)18-37-27(34)21-12-14-22(15-13-21)36-17-20-10-6-3-7-11-20/h2-15H,16-18,29H2,1H3. The minimum absolute atomic E-state index is 0.0678. The molecule has 4 rings (SSSR count). The molecule has 0 aliphatic heterocycles. The van der Waals surface area contributed by atoms with Gasteiger partial charge in [-0.25, -0.2) is 9.59 Å². The summed E-state index contributed by atoms with van der Waals surface area (Å²) in [6, 6.07) is 24.9. The van der Waals surface area contributed by atoms with Crippen LogP contribution in [0.4, 0.5) is 5.82 Å². The smallest absolute Gasteiger partial charge is 0.338 e. The number of carbonyl (C=O) groups excluding carboxylic acids is 2. The van der Waals surface area contributed by atoms with E-state index < -0.39 is 35.2 Å². The van der Waals surface area contributed by atoms with Crippen LogP contribution in [0.5, 0.6) is 5.75 Å². The Morgan fingerprint density at radius 2 is 1.43 bits per heavy atom. The highest BCUT2D eigenvalue weighted by Crippen LogP contribution is 2.15. The first kappa shape index (κ1) is 25.2. The molecule has 0 saturated heterocycles. The van der Waals surface area contributed by atoms with Crippen molar-refractivity contribution >= 4 is 17.6 Å². The van der Waals surface area contributed by atoms with E-state index in [2.05, 4.69) is 0 Å². The van der Waals surface area contributed by atoms with Gasteiger partial charge in [0.25, 0.3) is 5.56 Å². The molecule has 0 bridgehead atoms. The Labute approximate surface area is 212 Å². The minimum Gasteiger partial charge on any atom is -0.489 e. The monoisotopic (exact) mass is 499 g/mol. The van der Waals surface area contributed by atoms with E-state index in [-0.39, 0.29) is 17.9 Å². The molecule has 0 atom stereocenters. The van der Waals surface area contributed by atoms with Crippen molar-refractivity contribution in [1.82, 2.24) is 9.13 Å². The zero-order valence-corrected chi connectivity index (χ0v) is 20.1. The number of nitrogens with zero attached hydrogens (tertiary/aromatic N) is 2. The second-order valence-corrected chi connectivity index (χ2v) is 8.28. The lowest BCUT2D eigenvalue weighted by atomic mass is 10.1. The molecule has 0 unspecified atom stereocenters. The van der Waals surface area contributed by atoms with Gasteiger partial charge in [0, 0.05) is 7.05 Å². The van der Waals surface area contributed by atoms with Gasteiger partial charge in [-0.2, -0.15) is 0 Å². The van der Waals surface area contributed by atoms with Crippen molar-refractivity contribution in [2.45, 2.75) is 13.2 Å². The lowest BCUT2D eigenvalue weighted by Gasteiger charge is -2.15. The van der Waals surface area contributed by atoms with Crippen LogP contribution in [0, 0.1) is 0 Å². The Bertz CT molecular complexity index is 1520. The Kier molecular flexibility index (Phi) is 7.63. The van der Waals surface area contributed by atoms with Crippen LogP contribution in [0.15, 0.2) is 94.5 Å². The first-order valence-electron chi connectivity index (χ1n) is 11.5. The van der Waals surface area contributed by atoms with E-state index in [1.54, 1.807) is 36.4 Å². The minimum atomic E-state index is -0.854. The molecular formula is C28H25N3O6. The number of nitrogens with two attached hydrogens (primary N) is 1. The molecule has 0 aliphatic rings. The number of carbonyl (C=O) groups is 2. The number of benzene rings is 3. The van der Waals surface area contributed by atoms with Crippen molar-refractivity contribution in [2.75, 3.05) is 12.3 Å².